The van der Waals surface area contributed by atoms with E-state index in [-0.39, 0.29) is 17.2 Å². The van der Waals surface area contributed by atoms with Gasteiger partial charge in [0.1, 0.15) is 0 Å². The van der Waals surface area contributed by atoms with Gasteiger partial charge in [0, 0.05) is 41.9 Å². The number of benzene rings is 1. The third-order valence-corrected chi connectivity index (χ3v) is 4.48. The van der Waals surface area contributed by atoms with Gasteiger partial charge >= 0.3 is 0 Å². The summed E-state index contributed by atoms with van der Waals surface area (Å²) in [6, 6.07) is 12.0. The van der Waals surface area contributed by atoms with E-state index in [1.807, 2.05) is 68.3 Å². The van der Waals surface area contributed by atoms with Crippen molar-refractivity contribution >= 4 is 5.91 Å². The number of rotatable bonds is 2. The molecule has 4 nitrogen and oxygen atoms in total. The summed E-state index contributed by atoms with van der Waals surface area (Å²) in [5, 5.41) is 0. The molecule has 0 saturated carbocycles. The van der Waals surface area contributed by atoms with Crippen LogP contribution in [0.3, 0.4) is 0 Å². The van der Waals surface area contributed by atoms with E-state index in [1.165, 1.54) is 0 Å². The number of carbonyl (C=O) groups excluding carboxylic acids is 1. The Hall–Kier alpha value is -2.23. The van der Waals surface area contributed by atoms with Crippen molar-refractivity contribution in [1.82, 2.24) is 14.9 Å². The summed E-state index contributed by atoms with van der Waals surface area (Å²) in [6.45, 7) is 7.55. The second-order valence-corrected chi connectivity index (χ2v) is 7.51. The Balaban J connectivity index is 1.80. The van der Waals surface area contributed by atoms with Crippen molar-refractivity contribution in [3.63, 3.8) is 0 Å². The zero-order valence-electron chi connectivity index (χ0n) is 14.7. The molecule has 3 rings (SSSR count). The molecule has 1 aliphatic heterocycles. The molecule has 1 atom stereocenters. The fourth-order valence-corrected chi connectivity index (χ4v) is 3.20. The number of amides is 1. The Bertz CT molecular complexity index is 706. The number of aromatic nitrogens is 2. The van der Waals surface area contributed by atoms with Crippen LogP contribution >= 0.6 is 0 Å². The van der Waals surface area contributed by atoms with Crippen LogP contribution in [-0.4, -0.2) is 33.9 Å². The highest BCUT2D eigenvalue weighted by Crippen LogP contribution is 2.29. The van der Waals surface area contributed by atoms with E-state index in [0.29, 0.717) is 0 Å². The van der Waals surface area contributed by atoms with Gasteiger partial charge in [-0.05, 0) is 18.9 Å². The number of hydrogen-bond acceptors (Lipinski definition) is 3. The maximum Gasteiger partial charge on any atom is 0.227 e. The number of nitrogens with zero attached hydrogens (tertiary/aromatic N) is 3. The second-order valence-electron chi connectivity index (χ2n) is 7.51. The first kappa shape index (κ1) is 16.6. The lowest BCUT2D eigenvalue weighted by molar-refractivity contribution is -0.140. The summed E-state index contributed by atoms with van der Waals surface area (Å²) in [6.07, 6.45) is 3.92. The highest BCUT2D eigenvalue weighted by Gasteiger charge is 2.31. The van der Waals surface area contributed by atoms with Crippen LogP contribution in [0.1, 0.15) is 45.2 Å². The fourth-order valence-electron chi connectivity index (χ4n) is 3.20. The molecule has 0 unspecified atom stereocenters. The molecule has 1 fully saturated rings. The lowest BCUT2D eigenvalue weighted by atomic mass is 9.90. The Morgan fingerprint density at radius 3 is 2.62 bits per heavy atom. The SMILES string of the molecule is CC(C)(C)C(=O)N1CCC[C@H](c2ccnc(-c3ccccc3)n2)C1. The number of hydrogen-bond donors (Lipinski definition) is 0. The minimum absolute atomic E-state index is 0.226. The molecule has 1 aliphatic rings. The third kappa shape index (κ3) is 3.64. The summed E-state index contributed by atoms with van der Waals surface area (Å²) >= 11 is 0. The summed E-state index contributed by atoms with van der Waals surface area (Å²) in [5.74, 6) is 1.27. The molecule has 1 aromatic heterocycles. The van der Waals surface area contributed by atoms with Crippen LogP contribution in [0.5, 0.6) is 0 Å². The molecule has 0 bridgehead atoms. The van der Waals surface area contributed by atoms with Crippen LogP contribution in [0.2, 0.25) is 0 Å². The van der Waals surface area contributed by atoms with E-state index in [2.05, 4.69) is 4.98 Å². The van der Waals surface area contributed by atoms with Crippen LogP contribution in [0, 0.1) is 5.41 Å². The topological polar surface area (TPSA) is 46.1 Å². The molecule has 2 heterocycles. The van der Waals surface area contributed by atoms with Crippen molar-refractivity contribution in [2.75, 3.05) is 13.1 Å². The summed E-state index contributed by atoms with van der Waals surface area (Å²) in [5.41, 5.74) is 1.73. The lowest BCUT2D eigenvalue weighted by Crippen LogP contribution is -2.44. The smallest absolute Gasteiger partial charge is 0.227 e. The molecule has 1 amide bonds. The molecule has 0 N–H and O–H groups in total. The minimum Gasteiger partial charge on any atom is -0.342 e. The van der Waals surface area contributed by atoms with Gasteiger partial charge in [0.15, 0.2) is 5.82 Å². The van der Waals surface area contributed by atoms with Crippen molar-refractivity contribution in [2.24, 2.45) is 5.41 Å². The second kappa shape index (κ2) is 6.71. The van der Waals surface area contributed by atoms with Gasteiger partial charge < -0.3 is 4.90 Å². The van der Waals surface area contributed by atoms with Crippen LogP contribution in [0.25, 0.3) is 11.4 Å². The third-order valence-electron chi connectivity index (χ3n) is 4.48. The Labute approximate surface area is 143 Å². The van der Waals surface area contributed by atoms with Crippen molar-refractivity contribution in [3.8, 4) is 11.4 Å². The van der Waals surface area contributed by atoms with E-state index >= 15 is 0 Å². The summed E-state index contributed by atoms with van der Waals surface area (Å²) < 4.78 is 0. The Morgan fingerprint density at radius 2 is 1.92 bits per heavy atom. The highest BCUT2D eigenvalue weighted by molar-refractivity contribution is 5.81. The average molecular weight is 323 g/mol. The van der Waals surface area contributed by atoms with Crippen LogP contribution in [0.4, 0.5) is 0 Å². The molecule has 24 heavy (non-hydrogen) atoms. The Morgan fingerprint density at radius 1 is 1.17 bits per heavy atom. The van der Waals surface area contributed by atoms with Crippen molar-refractivity contribution < 1.29 is 4.79 Å². The first-order chi connectivity index (χ1) is 11.4. The summed E-state index contributed by atoms with van der Waals surface area (Å²) in [7, 11) is 0. The monoisotopic (exact) mass is 323 g/mol. The standard InChI is InChI=1S/C20H25N3O/c1-20(2,3)19(24)23-13-7-10-16(14-23)17-11-12-21-18(22-17)15-8-5-4-6-9-15/h4-6,8-9,11-12,16H,7,10,13-14H2,1-3H3/t16-/m0/s1. The Kier molecular flexibility index (Phi) is 4.65. The van der Waals surface area contributed by atoms with Gasteiger partial charge in [0.2, 0.25) is 5.91 Å². The first-order valence-corrected chi connectivity index (χ1v) is 8.63. The van der Waals surface area contributed by atoms with Crippen molar-refractivity contribution in [2.45, 2.75) is 39.5 Å². The van der Waals surface area contributed by atoms with Crippen molar-refractivity contribution in [3.05, 3.63) is 48.3 Å². The highest BCUT2D eigenvalue weighted by atomic mass is 16.2. The average Bonchev–Trinajstić information content (AvgIpc) is 2.61. The van der Waals surface area contributed by atoms with Gasteiger partial charge in [-0.15, -0.1) is 0 Å². The molecule has 1 aromatic carbocycles. The predicted octanol–water partition coefficient (Wildman–Crippen LogP) is 3.90. The lowest BCUT2D eigenvalue weighted by Gasteiger charge is -2.36. The van der Waals surface area contributed by atoms with Gasteiger partial charge in [-0.25, -0.2) is 9.97 Å². The molecule has 0 aliphatic carbocycles. The fraction of sp³-hybridized carbons (Fsp3) is 0.450. The molecular weight excluding hydrogens is 298 g/mol. The zero-order valence-corrected chi connectivity index (χ0v) is 14.7. The molecule has 0 spiro atoms. The number of piperidine rings is 1. The van der Waals surface area contributed by atoms with E-state index in [0.717, 1.165) is 43.0 Å². The van der Waals surface area contributed by atoms with Gasteiger partial charge in [-0.1, -0.05) is 51.1 Å². The number of carbonyl (C=O) groups is 1. The van der Waals surface area contributed by atoms with E-state index < -0.39 is 0 Å². The van der Waals surface area contributed by atoms with Crippen LogP contribution in [0.15, 0.2) is 42.6 Å². The van der Waals surface area contributed by atoms with Gasteiger partial charge in [0.25, 0.3) is 0 Å². The summed E-state index contributed by atoms with van der Waals surface area (Å²) in [4.78, 5) is 23.8. The quantitative estimate of drug-likeness (QED) is 0.842. The molecular formula is C20H25N3O. The normalized spacial score (nSPS) is 18.5. The van der Waals surface area contributed by atoms with E-state index in [4.69, 9.17) is 4.98 Å². The molecule has 0 radical (unpaired) electrons. The molecule has 4 heteroatoms. The van der Waals surface area contributed by atoms with Crippen LogP contribution < -0.4 is 0 Å². The van der Waals surface area contributed by atoms with Crippen molar-refractivity contribution in [1.29, 1.82) is 0 Å². The van der Waals surface area contributed by atoms with Gasteiger partial charge in [0.05, 0.1) is 0 Å². The zero-order chi connectivity index (χ0) is 17.2. The molecule has 1 saturated heterocycles. The van der Waals surface area contributed by atoms with Gasteiger partial charge in [-0.2, -0.15) is 0 Å². The largest absolute Gasteiger partial charge is 0.342 e. The van der Waals surface area contributed by atoms with Gasteiger partial charge in [-0.3, -0.25) is 4.79 Å². The minimum atomic E-state index is -0.331. The van der Waals surface area contributed by atoms with Crippen LogP contribution in [-0.2, 0) is 4.79 Å². The maximum absolute atomic E-state index is 12.6. The molecule has 2 aromatic rings. The predicted molar refractivity (Wildman–Crippen MR) is 95.5 cm³/mol. The maximum atomic E-state index is 12.6. The van der Waals surface area contributed by atoms with E-state index in [9.17, 15) is 4.79 Å². The molecule has 126 valence electrons. The first-order valence-electron chi connectivity index (χ1n) is 8.63. The van der Waals surface area contributed by atoms with E-state index in [1.54, 1.807) is 0 Å². The number of likely N-dealkylation sites (tertiary alicyclic amines) is 1.